The van der Waals surface area contributed by atoms with Crippen molar-refractivity contribution in [2.45, 2.75) is 0 Å². The van der Waals surface area contributed by atoms with Gasteiger partial charge in [-0.3, -0.25) is 0 Å². The fourth-order valence-corrected chi connectivity index (χ4v) is 2.54. The third-order valence-electron chi connectivity index (χ3n) is 3.08. The minimum absolute atomic E-state index is 0.270. The van der Waals surface area contributed by atoms with Crippen molar-refractivity contribution in [3.8, 4) is 0 Å². The molecule has 0 fully saturated rings. The van der Waals surface area contributed by atoms with E-state index in [4.69, 9.17) is 16.3 Å². The second-order valence-corrected chi connectivity index (χ2v) is 6.16. The Kier molecular flexibility index (Phi) is 4.74. The van der Waals surface area contributed by atoms with Gasteiger partial charge in [-0.2, -0.15) is 0 Å². The molecule has 2 aromatic rings. The van der Waals surface area contributed by atoms with E-state index in [0.29, 0.717) is 5.02 Å². The molecule has 0 saturated heterocycles. The van der Waals surface area contributed by atoms with Crippen LogP contribution in [0.5, 0.6) is 0 Å². The minimum atomic E-state index is -0.458. The molecule has 0 amide bonds. The normalized spacial score (nSPS) is 16.0. The van der Waals surface area contributed by atoms with Crippen molar-refractivity contribution >= 4 is 51.5 Å². The van der Waals surface area contributed by atoms with Gasteiger partial charge in [0.15, 0.2) is 5.70 Å². The largest absolute Gasteiger partial charge is 0.403 e. The number of halogens is 2. The van der Waals surface area contributed by atoms with Gasteiger partial charge in [0.05, 0.1) is 0 Å². The first-order chi connectivity index (χ1) is 11.1. The van der Waals surface area contributed by atoms with Crippen molar-refractivity contribution in [1.29, 1.82) is 0 Å². The maximum Gasteiger partial charge on any atom is 0.363 e. The van der Waals surface area contributed by atoms with Gasteiger partial charge < -0.3 is 4.74 Å². The minimum Gasteiger partial charge on any atom is -0.403 e. The first-order valence-electron chi connectivity index (χ1n) is 6.82. The standard InChI is InChI=1S/C18H11BrClNO2/c19-14-3-1-2-13(10-14)11-16-18(22)23-17(21-16)9-6-12-4-7-15(20)8-5-12/h1-11H. The second-order valence-electron chi connectivity index (χ2n) is 4.81. The lowest BCUT2D eigenvalue weighted by Gasteiger charge is -1.95. The van der Waals surface area contributed by atoms with Crippen molar-refractivity contribution in [3.05, 3.63) is 80.9 Å². The average molecular weight is 389 g/mol. The molecule has 0 saturated carbocycles. The monoisotopic (exact) mass is 387 g/mol. The average Bonchev–Trinajstić information content (AvgIpc) is 2.87. The highest BCUT2D eigenvalue weighted by Gasteiger charge is 2.21. The highest BCUT2D eigenvalue weighted by Crippen LogP contribution is 2.19. The van der Waals surface area contributed by atoms with E-state index in [9.17, 15) is 4.79 Å². The molecule has 2 aromatic carbocycles. The fourth-order valence-electron chi connectivity index (χ4n) is 1.99. The van der Waals surface area contributed by atoms with E-state index in [-0.39, 0.29) is 11.6 Å². The highest BCUT2D eigenvalue weighted by molar-refractivity contribution is 9.10. The van der Waals surface area contributed by atoms with Crippen molar-refractivity contribution in [3.63, 3.8) is 0 Å². The Balaban J connectivity index is 1.79. The number of ether oxygens (including phenoxy) is 1. The van der Waals surface area contributed by atoms with Crippen LogP contribution in [0.15, 0.2) is 69.8 Å². The summed E-state index contributed by atoms with van der Waals surface area (Å²) in [5.74, 6) is -0.188. The zero-order valence-electron chi connectivity index (χ0n) is 11.9. The highest BCUT2D eigenvalue weighted by atomic mass is 79.9. The van der Waals surface area contributed by atoms with Crippen molar-refractivity contribution in [1.82, 2.24) is 0 Å². The van der Waals surface area contributed by atoms with Crippen molar-refractivity contribution in [2.24, 2.45) is 4.99 Å². The molecule has 0 N–H and O–H groups in total. The van der Waals surface area contributed by atoms with E-state index in [0.717, 1.165) is 15.6 Å². The van der Waals surface area contributed by atoms with Crippen LogP contribution in [0.2, 0.25) is 5.02 Å². The predicted molar refractivity (Wildman–Crippen MR) is 96.1 cm³/mol. The van der Waals surface area contributed by atoms with E-state index < -0.39 is 5.97 Å². The SMILES string of the molecule is O=C1OC(C=Cc2ccc(Cl)cc2)=NC1=Cc1cccc(Br)c1. The number of cyclic esters (lactones) is 1. The Morgan fingerprint density at radius 1 is 1.04 bits per heavy atom. The number of benzene rings is 2. The zero-order chi connectivity index (χ0) is 16.2. The van der Waals surface area contributed by atoms with Gasteiger partial charge in [0.25, 0.3) is 0 Å². The number of carbonyl (C=O) groups is 1. The summed E-state index contributed by atoms with van der Waals surface area (Å²) >= 11 is 9.23. The maximum absolute atomic E-state index is 11.9. The van der Waals surface area contributed by atoms with Gasteiger partial charge in [-0.25, -0.2) is 9.79 Å². The molecule has 0 unspecified atom stereocenters. The van der Waals surface area contributed by atoms with Crippen LogP contribution in [0.3, 0.4) is 0 Å². The summed E-state index contributed by atoms with van der Waals surface area (Å²) in [5, 5.41) is 0.672. The van der Waals surface area contributed by atoms with Gasteiger partial charge in [-0.15, -0.1) is 0 Å². The molecule has 1 heterocycles. The molecular weight excluding hydrogens is 378 g/mol. The molecule has 0 atom stereocenters. The van der Waals surface area contributed by atoms with E-state index in [2.05, 4.69) is 20.9 Å². The quantitative estimate of drug-likeness (QED) is 0.541. The molecular formula is C18H11BrClNO2. The number of carbonyl (C=O) groups excluding carboxylic acids is 1. The molecule has 3 nitrogen and oxygen atoms in total. The Labute approximate surface area is 147 Å². The molecule has 1 aliphatic rings. The number of hydrogen-bond acceptors (Lipinski definition) is 3. The van der Waals surface area contributed by atoms with E-state index in [1.807, 2.05) is 42.5 Å². The Bertz CT molecular complexity index is 838. The number of esters is 1. The molecule has 114 valence electrons. The van der Waals surface area contributed by atoms with Crippen LogP contribution in [0.4, 0.5) is 0 Å². The first-order valence-corrected chi connectivity index (χ1v) is 7.99. The van der Waals surface area contributed by atoms with Crippen LogP contribution >= 0.6 is 27.5 Å². The Morgan fingerprint density at radius 2 is 1.83 bits per heavy atom. The summed E-state index contributed by atoms with van der Waals surface area (Å²) in [6.07, 6.45) is 5.16. The molecule has 0 aromatic heterocycles. The van der Waals surface area contributed by atoms with Gasteiger partial charge in [-0.05, 0) is 47.5 Å². The summed E-state index contributed by atoms with van der Waals surface area (Å²) in [6.45, 7) is 0. The van der Waals surface area contributed by atoms with Gasteiger partial charge in [-0.1, -0.05) is 51.8 Å². The number of nitrogens with zero attached hydrogens (tertiary/aromatic N) is 1. The summed E-state index contributed by atoms with van der Waals surface area (Å²) in [4.78, 5) is 16.1. The lowest BCUT2D eigenvalue weighted by molar-refractivity contribution is -0.129. The smallest absolute Gasteiger partial charge is 0.363 e. The van der Waals surface area contributed by atoms with E-state index >= 15 is 0 Å². The van der Waals surface area contributed by atoms with Crippen LogP contribution in [-0.4, -0.2) is 11.9 Å². The lowest BCUT2D eigenvalue weighted by Crippen LogP contribution is -2.01. The van der Waals surface area contributed by atoms with Gasteiger partial charge in [0.1, 0.15) is 0 Å². The van der Waals surface area contributed by atoms with Crippen LogP contribution < -0.4 is 0 Å². The molecule has 1 aliphatic heterocycles. The zero-order valence-corrected chi connectivity index (χ0v) is 14.2. The number of hydrogen-bond donors (Lipinski definition) is 0. The molecule has 0 radical (unpaired) electrons. The molecule has 0 bridgehead atoms. The van der Waals surface area contributed by atoms with Crippen LogP contribution in [0.25, 0.3) is 12.2 Å². The summed E-state index contributed by atoms with van der Waals surface area (Å²) in [7, 11) is 0. The molecule has 23 heavy (non-hydrogen) atoms. The molecule has 0 aliphatic carbocycles. The fraction of sp³-hybridized carbons (Fsp3) is 0. The van der Waals surface area contributed by atoms with Crippen LogP contribution in [0.1, 0.15) is 11.1 Å². The number of aliphatic imine (C=N–C) groups is 1. The topological polar surface area (TPSA) is 38.7 Å². The lowest BCUT2D eigenvalue weighted by atomic mass is 10.2. The Hall–Kier alpha value is -2.17. The van der Waals surface area contributed by atoms with Crippen molar-refractivity contribution in [2.75, 3.05) is 0 Å². The van der Waals surface area contributed by atoms with E-state index in [1.165, 1.54) is 0 Å². The molecule has 3 rings (SSSR count). The van der Waals surface area contributed by atoms with Crippen molar-refractivity contribution < 1.29 is 9.53 Å². The van der Waals surface area contributed by atoms with Crippen LogP contribution in [-0.2, 0) is 9.53 Å². The van der Waals surface area contributed by atoms with Gasteiger partial charge in [0, 0.05) is 15.6 Å². The molecule has 5 heteroatoms. The maximum atomic E-state index is 11.9. The third-order valence-corrected chi connectivity index (χ3v) is 3.82. The summed E-state index contributed by atoms with van der Waals surface area (Å²) < 4.78 is 6.08. The summed E-state index contributed by atoms with van der Waals surface area (Å²) in [6, 6.07) is 14.9. The van der Waals surface area contributed by atoms with Gasteiger partial charge in [0.2, 0.25) is 5.90 Å². The summed E-state index contributed by atoms with van der Waals surface area (Å²) in [5.41, 5.74) is 2.09. The van der Waals surface area contributed by atoms with E-state index in [1.54, 1.807) is 24.3 Å². The van der Waals surface area contributed by atoms with Gasteiger partial charge >= 0.3 is 5.97 Å². The Morgan fingerprint density at radius 3 is 2.57 bits per heavy atom. The van der Waals surface area contributed by atoms with Crippen LogP contribution in [0, 0.1) is 0 Å². The second kappa shape index (κ2) is 6.94. The number of rotatable bonds is 3. The predicted octanol–water partition coefficient (Wildman–Crippen LogP) is 5.11. The first kappa shape index (κ1) is 15.7. The third kappa shape index (κ3) is 4.18. The molecule has 0 spiro atoms.